The first-order valence-corrected chi connectivity index (χ1v) is 8.93. The van der Waals surface area contributed by atoms with Crippen LogP contribution in [0.1, 0.15) is 37.7 Å². The second-order valence-corrected chi connectivity index (χ2v) is 7.66. The summed E-state index contributed by atoms with van der Waals surface area (Å²) >= 11 is 0. The molecule has 2 nitrogen and oxygen atoms in total. The van der Waals surface area contributed by atoms with Crippen molar-refractivity contribution in [1.82, 2.24) is 0 Å². The van der Waals surface area contributed by atoms with E-state index in [1.807, 2.05) is 0 Å². The molecule has 1 unspecified atom stereocenters. The van der Waals surface area contributed by atoms with E-state index in [2.05, 4.69) is 30.3 Å². The van der Waals surface area contributed by atoms with E-state index in [4.69, 9.17) is 10.5 Å². The normalized spacial score (nSPS) is 24.7. The molecule has 1 heterocycles. The van der Waals surface area contributed by atoms with Crippen molar-refractivity contribution in [3.8, 4) is 0 Å². The fourth-order valence-corrected chi connectivity index (χ4v) is 5.24. The molecule has 2 N–H and O–H groups in total. The minimum absolute atomic E-state index is 0.238. The van der Waals surface area contributed by atoms with Crippen molar-refractivity contribution in [2.75, 3.05) is 13.2 Å². The average Bonchev–Trinajstić information content (AvgIpc) is 2.45. The summed E-state index contributed by atoms with van der Waals surface area (Å²) in [7, 11) is -0.238. The first-order valence-electron chi connectivity index (χ1n) is 7.23. The predicted molar refractivity (Wildman–Crippen MR) is 79.5 cm³/mol. The minimum atomic E-state index is -0.238. The number of rotatable bonds is 6. The molecule has 100 valence electrons. The molecule has 0 radical (unpaired) electrons. The van der Waals surface area contributed by atoms with E-state index in [-0.39, 0.29) is 14.7 Å². The van der Waals surface area contributed by atoms with Gasteiger partial charge < -0.3 is 10.5 Å². The van der Waals surface area contributed by atoms with Crippen LogP contribution in [0, 0.1) is 0 Å². The molecule has 1 aliphatic rings. The van der Waals surface area contributed by atoms with Gasteiger partial charge >= 0.3 is 0 Å². The highest BCUT2D eigenvalue weighted by Crippen LogP contribution is 2.29. The lowest BCUT2D eigenvalue weighted by Crippen LogP contribution is -2.43. The van der Waals surface area contributed by atoms with Gasteiger partial charge in [0.1, 0.15) is 0 Å². The minimum Gasteiger partial charge on any atom is -0.379 e. The first-order chi connectivity index (χ1) is 8.85. The summed E-state index contributed by atoms with van der Waals surface area (Å²) < 4.78 is 6.20. The van der Waals surface area contributed by atoms with Crippen molar-refractivity contribution in [2.24, 2.45) is 5.73 Å². The lowest BCUT2D eigenvalue weighted by Gasteiger charge is -2.37. The number of hydrogen-bond acceptors (Lipinski definition) is 2. The highest BCUT2D eigenvalue weighted by Gasteiger charge is 2.32. The molecule has 0 aromatic heterocycles. The summed E-state index contributed by atoms with van der Waals surface area (Å²) in [5.41, 5.74) is 7.15. The molecule has 3 heteroatoms. The van der Waals surface area contributed by atoms with Crippen molar-refractivity contribution in [3.05, 3.63) is 35.9 Å². The molecule has 2 rings (SSSR count). The number of nitrogens with two attached hydrogens (primary N) is 1. The van der Waals surface area contributed by atoms with Gasteiger partial charge in [0.2, 0.25) is 0 Å². The van der Waals surface area contributed by atoms with Gasteiger partial charge in [-0.25, -0.2) is 0 Å². The third-order valence-electron chi connectivity index (χ3n) is 3.98. The smallest absolute Gasteiger partial charge is 0.0638 e. The third-order valence-corrected chi connectivity index (χ3v) is 6.63. The summed E-state index contributed by atoms with van der Waals surface area (Å²) in [6, 6.07) is 12.1. The SMILES string of the molecule is NCCCC1([SiH2]Cc2ccccc2)CCCCO1. The second-order valence-electron chi connectivity index (χ2n) is 5.37. The lowest BCUT2D eigenvalue weighted by molar-refractivity contribution is -0.0263. The van der Waals surface area contributed by atoms with E-state index in [0.717, 1.165) is 19.6 Å². The Labute approximate surface area is 113 Å². The quantitative estimate of drug-likeness (QED) is 0.797. The molecule has 0 bridgehead atoms. The number of benzene rings is 1. The second kappa shape index (κ2) is 7.07. The Morgan fingerprint density at radius 3 is 2.72 bits per heavy atom. The van der Waals surface area contributed by atoms with Gasteiger partial charge in [-0.2, -0.15) is 0 Å². The topological polar surface area (TPSA) is 35.2 Å². The molecule has 0 aliphatic carbocycles. The van der Waals surface area contributed by atoms with Crippen molar-refractivity contribution in [3.63, 3.8) is 0 Å². The van der Waals surface area contributed by atoms with Crippen molar-refractivity contribution >= 4 is 9.52 Å². The molecule has 1 saturated heterocycles. The van der Waals surface area contributed by atoms with Crippen LogP contribution in [0.4, 0.5) is 0 Å². The monoisotopic (exact) mass is 263 g/mol. The Kier molecular flexibility index (Phi) is 5.41. The maximum Gasteiger partial charge on any atom is 0.0638 e. The van der Waals surface area contributed by atoms with Crippen LogP contribution in [-0.4, -0.2) is 27.9 Å². The van der Waals surface area contributed by atoms with Crippen molar-refractivity contribution < 1.29 is 4.74 Å². The fourth-order valence-electron chi connectivity index (χ4n) is 2.87. The molecule has 1 fully saturated rings. The highest BCUT2D eigenvalue weighted by molar-refractivity contribution is 6.39. The van der Waals surface area contributed by atoms with E-state index in [0.29, 0.717) is 0 Å². The maximum atomic E-state index is 6.20. The fraction of sp³-hybridized carbons (Fsp3) is 0.600. The zero-order valence-corrected chi connectivity index (χ0v) is 12.7. The Bertz CT molecular complexity index is 336. The van der Waals surface area contributed by atoms with Crippen molar-refractivity contribution in [2.45, 2.75) is 43.4 Å². The van der Waals surface area contributed by atoms with Crippen LogP contribution >= 0.6 is 0 Å². The summed E-state index contributed by atoms with van der Waals surface area (Å²) in [4.78, 5) is 0. The van der Waals surface area contributed by atoms with E-state index >= 15 is 0 Å². The molecule has 1 atom stereocenters. The van der Waals surface area contributed by atoms with Gasteiger partial charge in [-0.1, -0.05) is 35.9 Å². The summed E-state index contributed by atoms with van der Waals surface area (Å²) in [5, 5.41) is 0.244. The molecule has 0 amide bonds. The Balaban J connectivity index is 1.92. The van der Waals surface area contributed by atoms with Crippen LogP contribution in [0.25, 0.3) is 0 Å². The van der Waals surface area contributed by atoms with E-state index in [1.165, 1.54) is 37.3 Å². The third kappa shape index (κ3) is 3.94. The Morgan fingerprint density at radius 1 is 1.22 bits per heavy atom. The van der Waals surface area contributed by atoms with Gasteiger partial charge in [0.15, 0.2) is 0 Å². The van der Waals surface area contributed by atoms with Crippen LogP contribution in [0.3, 0.4) is 0 Å². The lowest BCUT2D eigenvalue weighted by atomic mass is 10.0. The van der Waals surface area contributed by atoms with Gasteiger partial charge in [-0.3, -0.25) is 0 Å². The zero-order chi connectivity index (χ0) is 12.7. The molecule has 0 spiro atoms. The number of ether oxygens (including phenoxy) is 1. The highest BCUT2D eigenvalue weighted by atomic mass is 28.2. The van der Waals surface area contributed by atoms with E-state index in [9.17, 15) is 0 Å². The molecular formula is C15H25NOSi. The Morgan fingerprint density at radius 2 is 2.06 bits per heavy atom. The molecule has 0 saturated carbocycles. The van der Waals surface area contributed by atoms with Gasteiger partial charge in [-0.05, 0) is 44.7 Å². The van der Waals surface area contributed by atoms with Crippen LogP contribution in [0.15, 0.2) is 30.3 Å². The average molecular weight is 263 g/mol. The van der Waals surface area contributed by atoms with Crippen LogP contribution in [0.5, 0.6) is 0 Å². The molecule has 1 aromatic rings. The van der Waals surface area contributed by atoms with Crippen LogP contribution in [0.2, 0.25) is 0 Å². The van der Waals surface area contributed by atoms with E-state index < -0.39 is 0 Å². The van der Waals surface area contributed by atoms with Gasteiger partial charge in [0.25, 0.3) is 0 Å². The molecular weight excluding hydrogens is 238 g/mol. The summed E-state index contributed by atoms with van der Waals surface area (Å²) in [6.45, 7) is 1.76. The Hall–Kier alpha value is -0.643. The molecule has 18 heavy (non-hydrogen) atoms. The number of hydrogen-bond donors (Lipinski definition) is 1. The molecule has 1 aliphatic heterocycles. The molecule has 1 aromatic carbocycles. The summed E-state index contributed by atoms with van der Waals surface area (Å²) in [5.74, 6) is 0. The van der Waals surface area contributed by atoms with E-state index in [1.54, 1.807) is 0 Å². The largest absolute Gasteiger partial charge is 0.379 e. The summed E-state index contributed by atoms with van der Waals surface area (Å²) in [6.07, 6.45) is 6.15. The van der Waals surface area contributed by atoms with Gasteiger partial charge in [-0.15, -0.1) is 0 Å². The van der Waals surface area contributed by atoms with Gasteiger partial charge in [0.05, 0.1) is 14.7 Å². The first kappa shape index (κ1) is 13.8. The zero-order valence-electron chi connectivity index (χ0n) is 11.2. The van der Waals surface area contributed by atoms with Crippen LogP contribution in [-0.2, 0) is 10.8 Å². The standard InChI is InChI=1S/C15H25NOSi/c16-11-6-10-15(9-4-5-12-17-15)18-13-14-7-2-1-3-8-14/h1-3,7-8H,4-6,9-13,16,18H2. The maximum absolute atomic E-state index is 6.20. The van der Waals surface area contributed by atoms with Gasteiger partial charge in [0, 0.05) is 6.61 Å². The van der Waals surface area contributed by atoms with Crippen LogP contribution < -0.4 is 5.73 Å². The predicted octanol–water partition coefficient (Wildman–Crippen LogP) is 1.99. The van der Waals surface area contributed by atoms with Crippen molar-refractivity contribution in [1.29, 1.82) is 0 Å².